The summed E-state index contributed by atoms with van der Waals surface area (Å²) in [5.74, 6) is 0.815. The Labute approximate surface area is 161 Å². The molecule has 0 saturated carbocycles. The highest BCUT2D eigenvalue weighted by molar-refractivity contribution is 7.88. The largest absolute Gasteiger partial charge is 0.370 e. The van der Waals surface area contributed by atoms with Crippen LogP contribution in [0, 0.1) is 0 Å². The quantitative estimate of drug-likeness (QED) is 0.562. The van der Waals surface area contributed by atoms with Crippen molar-refractivity contribution in [3.8, 4) is 0 Å². The second-order valence-electron chi connectivity index (χ2n) is 7.12. The third-order valence-electron chi connectivity index (χ3n) is 5.00. The van der Waals surface area contributed by atoms with Crippen molar-refractivity contribution in [2.75, 3.05) is 45.6 Å². The van der Waals surface area contributed by atoms with Crippen molar-refractivity contribution >= 4 is 16.0 Å². The van der Waals surface area contributed by atoms with E-state index in [1.807, 2.05) is 26.4 Å². The minimum absolute atomic E-state index is 0.0460. The first kappa shape index (κ1) is 20.1. The van der Waals surface area contributed by atoms with E-state index >= 15 is 0 Å². The van der Waals surface area contributed by atoms with Crippen LogP contribution in [-0.2, 0) is 21.8 Å². The highest BCUT2D eigenvalue weighted by Crippen LogP contribution is 2.23. The van der Waals surface area contributed by atoms with Crippen LogP contribution < -0.4 is 5.32 Å². The van der Waals surface area contributed by atoms with Crippen molar-refractivity contribution in [2.45, 2.75) is 31.9 Å². The zero-order valence-corrected chi connectivity index (χ0v) is 17.2. The number of aryl methyl sites for hydroxylation is 1. The molecule has 0 radical (unpaired) electrons. The maximum atomic E-state index is 11.9. The second-order valence-corrected chi connectivity index (χ2v) is 9.05. The molecule has 1 N–H and O–H groups in total. The maximum Gasteiger partial charge on any atom is 0.211 e. The molecule has 152 valence electrons. The van der Waals surface area contributed by atoms with E-state index in [2.05, 4.69) is 15.3 Å². The smallest absolute Gasteiger partial charge is 0.211 e. The molecule has 27 heavy (non-hydrogen) atoms. The third-order valence-corrected chi connectivity index (χ3v) is 6.33. The summed E-state index contributed by atoms with van der Waals surface area (Å²) in [7, 11) is -1.28. The molecule has 0 bridgehead atoms. The van der Waals surface area contributed by atoms with Crippen LogP contribution in [0.4, 0.5) is 0 Å². The predicted molar refractivity (Wildman–Crippen MR) is 104 cm³/mol. The van der Waals surface area contributed by atoms with Gasteiger partial charge in [-0.1, -0.05) is 0 Å². The Morgan fingerprint density at radius 2 is 2.26 bits per heavy atom. The summed E-state index contributed by atoms with van der Waals surface area (Å²) >= 11 is 0. The lowest BCUT2D eigenvalue weighted by molar-refractivity contribution is -0.00805. The van der Waals surface area contributed by atoms with E-state index < -0.39 is 10.0 Å². The third kappa shape index (κ3) is 4.99. The Morgan fingerprint density at radius 1 is 1.44 bits per heavy atom. The molecule has 2 atom stereocenters. The summed E-state index contributed by atoms with van der Waals surface area (Å²) in [6.45, 7) is 5.92. The Bertz CT molecular complexity index is 762. The Balaban J connectivity index is 1.69. The minimum Gasteiger partial charge on any atom is -0.370 e. The SMILES string of the molecule is CCNC(=NC[C@H]1CCCN1S(C)(=O)=O)N1CCOC(c2cnn(C)c2)C1. The van der Waals surface area contributed by atoms with E-state index in [0.29, 0.717) is 26.2 Å². The number of morpholine rings is 1. The number of hydrogen-bond acceptors (Lipinski definition) is 5. The minimum atomic E-state index is -3.18. The van der Waals surface area contributed by atoms with Gasteiger partial charge in [-0.15, -0.1) is 0 Å². The van der Waals surface area contributed by atoms with Gasteiger partial charge in [0.1, 0.15) is 6.10 Å². The molecule has 0 amide bonds. The molecule has 2 aliphatic heterocycles. The first-order chi connectivity index (χ1) is 12.9. The number of ether oxygens (including phenoxy) is 1. The number of sulfonamides is 1. The summed E-state index contributed by atoms with van der Waals surface area (Å²) in [6, 6.07) is -0.0520. The first-order valence-electron chi connectivity index (χ1n) is 9.48. The lowest BCUT2D eigenvalue weighted by Gasteiger charge is -2.35. The summed E-state index contributed by atoms with van der Waals surface area (Å²) in [5.41, 5.74) is 1.05. The zero-order chi connectivity index (χ0) is 19.4. The van der Waals surface area contributed by atoms with Crippen molar-refractivity contribution in [1.82, 2.24) is 24.3 Å². The number of nitrogens with one attached hydrogen (secondary N) is 1. The highest BCUT2D eigenvalue weighted by Gasteiger charge is 2.31. The summed E-state index contributed by atoms with van der Waals surface area (Å²) < 4.78 is 33.2. The maximum absolute atomic E-state index is 11.9. The number of rotatable bonds is 5. The van der Waals surface area contributed by atoms with Crippen LogP contribution in [0.2, 0.25) is 0 Å². The Hall–Kier alpha value is -1.65. The van der Waals surface area contributed by atoms with Crippen LogP contribution in [0.25, 0.3) is 0 Å². The molecular formula is C17H30N6O3S. The van der Waals surface area contributed by atoms with Gasteiger partial charge in [0.25, 0.3) is 0 Å². The molecule has 2 fully saturated rings. The predicted octanol–water partition coefficient (Wildman–Crippen LogP) is 0.183. The number of aromatic nitrogens is 2. The van der Waals surface area contributed by atoms with E-state index in [1.54, 1.807) is 8.99 Å². The van der Waals surface area contributed by atoms with Crippen LogP contribution in [0.5, 0.6) is 0 Å². The van der Waals surface area contributed by atoms with E-state index in [1.165, 1.54) is 6.26 Å². The van der Waals surface area contributed by atoms with Gasteiger partial charge in [-0.3, -0.25) is 9.67 Å². The van der Waals surface area contributed by atoms with Gasteiger partial charge in [0.2, 0.25) is 10.0 Å². The van der Waals surface area contributed by atoms with Gasteiger partial charge >= 0.3 is 0 Å². The fraction of sp³-hybridized carbons (Fsp3) is 0.765. The molecule has 3 heterocycles. The number of hydrogen-bond donors (Lipinski definition) is 1. The van der Waals surface area contributed by atoms with Gasteiger partial charge in [0.15, 0.2) is 5.96 Å². The van der Waals surface area contributed by atoms with Gasteiger partial charge < -0.3 is 15.0 Å². The van der Waals surface area contributed by atoms with Crippen LogP contribution in [-0.4, -0.2) is 85.0 Å². The number of guanidine groups is 1. The monoisotopic (exact) mass is 398 g/mol. The molecule has 1 unspecified atom stereocenters. The molecule has 0 aromatic carbocycles. The Kier molecular flexibility index (Phi) is 6.38. The van der Waals surface area contributed by atoms with Crippen LogP contribution in [0.3, 0.4) is 0 Å². The molecule has 0 spiro atoms. The number of nitrogens with zero attached hydrogens (tertiary/aromatic N) is 5. The molecule has 0 aliphatic carbocycles. The van der Waals surface area contributed by atoms with Crippen molar-refractivity contribution < 1.29 is 13.2 Å². The summed E-state index contributed by atoms with van der Waals surface area (Å²) in [4.78, 5) is 6.95. The van der Waals surface area contributed by atoms with Crippen LogP contribution in [0.15, 0.2) is 17.4 Å². The molecule has 3 rings (SSSR count). The molecule has 10 heteroatoms. The van der Waals surface area contributed by atoms with Gasteiger partial charge in [0.05, 0.1) is 32.1 Å². The zero-order valence-electron chi connectivity index (χ0n) is 16.3. The summed E-state index contributed by atoms with van der Waals surface area (Å²) in [6.07, 6.45) is 6.79. The standard InChI is InChI=1S/C17H30N6O3S/c1-4-18-17(19-11-15-6-5-7-23(15)27(3,24)25)22-8-9-26-16(13-22)14-10-20-21(2)12-14/h10,12,15-16H,4-9,11,13H2,1-3H3,(H,18,19)/t15-,16?/m1/s1. The van der Waals surface area contributed by atoms with Crippen molar-refractivity contribution in [1.29, 1.82) is 0 Å². The molecule has 1 aromatic rings. The van der Waals surface area contributed by atoms with Gasteiger partial charge in [-0.25, -0.2) is 8.42 Å². The fourth-order valence-electron chi connectivity index (χ4n) is 3.70. The van der Waals surface area contributed by atoms with Crippen LogP contribution >= 0.6 is 0 Å². The van der Waals surface area contributed by atoms with Gasteiger partial charge in [0, 0.05) is 44.5 Å². The Morgan fingerprint density at radius 3 is 2.93 bits per heavy atom. The molecular weight excluding hydrogens is 368 g/mol. The van der Waals surface area contributed by atoms with Crippen molar-refractivity contribution in [3.05, 3.63) is 18.0 Å². The lowest BCUT2D eigenvalue weighted by Crippen LogP contribution is -2.48. The average molecular weight is 399 g/mol. The van der Waals surface area contributed by atoms with E-state index in [4.69, 9.17) is 9.73 Å². The number of aliphatic imine (C=N–C) groups is 1. The molecule has 2 saturated heterocycles. The highest BCUT2D eigenvalue weighted by atomic mass is 32.2. The van der Waals surface area contributed by atoms with Crippen molar-refractivity contribution in [3.63, 3.8) is 0 Å². The second kappa shape index (κ2) is 8.57. The van der Waals surface area contributed by atoms with Crippen LogP contribution in [0.1, 0.15) is 31.4 Å². The molecule has 2 aliphatic rings. The lowest BCUT2D eigenvalue weighted by atomic mass is 10.1. The van der Waals surface area contributed by atoms with E-state index in [0.717, 1.165) is 37.5 Å². The average Bonchev–Trinajstić information content (AvgIpc) is 3.27. The molecule has 9 nitrogen and oxygen atoms in total. The van der Waals surface area contributed by atoms with Gasteiger partial charge in [-0.05, 0) is 19.8 Å². The topological polar surface area (TPSA) is 92.1 Å². The van der Waals surface area contributed by atoms with E-state index in [9.17, 15) is 8.42 Å². The fourth-order valence-corrected chi connectivity index (χ4v) is 4.87. The van der Waals surface area contributed by atoms with E-state index in [-0.39, 0.29) is 12.1 Å². The first-order valence-corrected chi connectivity index (χ1v) is 11.3. The molecule has 1 aromatic heterocycles. The van der Waals surface area contributed by atoms with Crippen molar-refractivity contribution in [2.24, 2.45) is 12.0 Å². The summed E-state index contributed by atoms with van der Waals surface area (Å²) in [5, 5.41) is 7.57. The van der Waals surface area contributed by atoms with Gasteiger partial charge in [-0.2, -0.15) is 9.40 Å². The normalized spacial score (nSPS) is 25.1.